The molecule has 176 valence electrons. The van der Waals surface area contributed by atoms with E-state index in [1.807, 2.05) is 36.4 Å². The molecule has 5 rings (SSSR count). The summed E-state index contributed by atoms with van der Waals surface area (Å²) >= 11 is 0. The second kappa shape index (κ2) is 10.4. The summed E-state index contributed by atoms with van der Waals surface area (Å²) in [7, 11) is 0. The number of carbonyl (C=O) groups excluding carboxylic acids is 1. The van der Waals surface area contributed by atoms with Gasteiger partial charge in [0.25, 0.3) is 0 Å². The molecule has 1 fully saturated rings. The van der Waals surface area contributed by atoms with Gasteiger partial charge in [-0.1, -0.05) is 121 Å². The average Bonchev–Trinajstić information content (AvgIpc) is 2.92. The molecule has 1 saturated heterocycles. The van der Waals surface area contributed by atoms with Crippen LogP contribution in [0.1, 0.15) is 35.2 Å². The van der Waals surface area contributed by atoms with Crippen LogP contribution in [0.2, 0.25) is 0 Å². The molecule has 3 nitrogen and oxygen atoms in total. The van der Waals surface area contributed by atoms with Crippen LogP contribution in [0.15, 0.2) is 121 Å². The van der Waals surface area contributed by atoms with Gasteiger partial charge in [0, 0.05) is 26.2 Å². The minimum atomic E-state index is -0.788. The third kappa shape index (κ3) is 4.45. The summed E-state index contributed by atoms with van der Waals surface area (Å²) in [5.74, 6) is 0.158. The van der Waals surface area contributed by atoms with Gasteiger partial charge in [-0.3, -0.25) is 14.6 Å². The normalized spacial score (nSPS) is 15.3. The molecule has 0 aliphatic carbocycles. The highest BCUT2D eigenvalue weighted by atomic mass is 16.1. The van der Waals surface area contributed by atoms with Crippen LogP contribution in [0.25, 0.3) is 0 Å². The zero-order chi connectivity index (χ0) is 24.1. The molecule has 0 bridgehead atoms. The van der Waals surface area contributed by atoms with Crippen LogP contribution >= 0.6 is 0 Å². The van der Waals surface area contributed by atoms with Crippen molar-refractivity contribution in [3.63, 3.8) is 0 Å². The van der Waals surface area contributed by atoms with E-state index in [-0.39, 0.29) is 11.8 Å². The summed E-state index contributed by atoms with van der Waals surface area (Å²) < 4.78 is 0. The first kappa shape index (κ1) is 23.2. The molecule has 0 amide bonds. The Labute approximate surface area is 208 Å². The second-order valence-electron chi connectivity index (χ2n) is 9.25. The lowest BCUT2D eigenvalue weighted by Gasteiger charge is -2.48. The molecule has 1 heterocycles. The quantitative estimate of drug-likeness (QED) is 0.342. The van der Waals surface area contributed by atoms with Crippen molar-refractivity contribution in [1.82, 2.24) is 9.80 Å². The summed E-state index contributed by atoms with van der Waals surface area (Å²) in [6.45, 7) is 5.11. The second-order valence-corrected chi connectivity index (χ2v) is 9.25. The predicted octanol–water partition coefficient (Wildman–Crippen LogP) is 5.93. The number of Topliss-reactive ketones (excluding diaryl/α,β-unsaturated/α-hetero) is 1. The summed E-state index contributed by atoms with van der Waals surface area (Å²) in [5, 5.41) is 0. The van der Waals surface area contributed by atoms with Crippen molar-refractivity contribution in [3.05, 3.63) is 144 Å². The first-order valence-electron chi connectivity index (χ1n) is 12.4. The number of ketones is 1. The monoisotopic (exact) mass is 460 g/mol. The maximum Gasteiger partial charge on any atom is 0.159 e. The number of hydrogen-bond donors (Lipinski definition) is 0. The highest BCUT2D eigenvalue weighted by Crippen LogP contribution is 2.39. The van der Waals surface area contributed by atoms with E-state index in [1.165, 1.54) is 11.1 Å². The van der Waals surface area contributed by atoms with Crippen LogP contribution < -0.4 is 0 Å². The molecule has 1 aliphatic rings. The number of piperazine rings is 1. The van der Waals surface area contributed by atoms with E-state index in [1.54, 1.807) is 6.92 Å². The number of carbonyl (C=O) groups is 1. The highest BCUT2D eigenvalue weighted by Gasteiger charge is 2.46. The number of benzene rings is 4. The van der Waals surface area contributed by atoms with Crippen molar-refractivity contribution in [2.75, 3.05) is 26.2 Å². The molecule has 0 saturated carbocycles. The van der Waals surface area contributed by atoms with Gasteiger partial charge in [0.1, 0.15) is 5.54 Å². The van der Waals surface area contributed by atoms with Crippen LogP contribution in [0.5, 0.6) is 0 Å². The molecular weight excluding hydrogens is 428 g/mol. The Bertz CT molecular complexity index is 1140. The van der Waals surface area contributed by atoms with Crippen LogP contribution in [0.4, 0.5) is 0 Å². The molecule has 0 spiro atoms. The minimum absolute atomic E-state index is 0.158. The largest absolute Gasteiger partial charge is 0.297 e. The third-order valence-electron chi connectivity index (χ3n) is 7.28. The lowest BCUT2D eigenvalue weighted by molar-refractivity contribution is -0.128. The fourth-order valence-corrected chi connectivity index (χ4v) is 5.72. The molecule has 3 heteroatoms. The zero-order valence-corrected chi connectivity index (χ0v) is 20.3. The van der Waals surface area contributed by atoms with Gasteiger partial charge in [0.15, 0.2) is 5.78 Å². The van der Waals surface area contributed by atoms with Crippen molar-refractivity contribution < 1.29 is 4.79 Å². The Morgan fingerprint density at radius 3 is 1.34 bits per heavy atom. The SMILES string of the molecule is CC(=O)C(c1ccccc1)(c1ccccc1)N1CCN(C(c2ccccc2)c2ccccc2)CC1. The van der Waals surface area contributed by atoms with E-state index in [2.05, 4.69) is 94.7 Å². The van der Waals surface area contributed by atoms with Crippen LogP contribution in [0, 0.1) is 0 Å². The topological polar surface area (TPSA) is 23.6 Å². The molecule has 0 unspecified atom stereocenters. The first-order valence-corrected chi connectivity index (χ1v) is 12.4. The van der Waals surface area contributed by atoms with Gasteiger partial charge in [-0.2, -0.15) is 0 Å². The van der Waals surface area contributed by atoms with E-state index in [0.717, 1.165) is 37.3 Å². The Kier molecular flexibility index (Phi) is 6.89. The van der Waals surface area contributed by atoms with Crippen LogP contribution in [0.3, 0.4) is 0 Å². The predicted molar refractivity (Wildman–Crippen MR) is 142 cm³/mol. The van der Waals surface area contributed by atoms with E-state index >= 15 is 0 Å². The Hall–Kier alpha value is -3.53. The molecule has 0 radical (unpaired) electrons. The van der Waals surface area contributed by atoms with Crippen LogP contribution in [-0.4, -0.2) is 41.8 Å². The fourth-order valence-electron chi connectivity index (χ4n) is 5.72. The minimum Gasteiger partial charge on any atom is -0.297 e. The van der Waals surface area contributed by atoms with E-state index in [0.29, 0.717) is 0 Å². The van der Waals surface area contributed by atoms with Gasteiger partial charge in [-0.25, -0.2) is 0 Å². The van der Waals surface area contributed by atoms with E-state index < -0.39 is 5.54 Å². The average molecular weight is 461 g/mol. The highest BCUT2D eigenvalue weighted by molar-refractivity contribution is 5.91. The van der Waals surface area contributed by atoms with Crippen molar-refractivity contribution in [1.29, 1.82) is 0 Å². The Morgan fingerprint density at radius 1 is 0.600 bits per heavy atom. The van der Waals surface area contributed by atoms with Gasteiger partial charge in [-0.15, -0.1) is 0 Å². The van der Waals surface area contributed by atoms with E-state index in [9.17, 15) is 4.79 Å². The lowest BCUT2D eigenvalue weighted by Crippen LogP contribution is -2.59. The standard InChI is InChI=1S/C32H32N2O/c1-26(35)32(29-18-10-4-11-19-29,30-20-12-5-13-21-30)34-24-22-33(23-25-34)31(27-14-6-2-7-15-27)28-16-8-3-9-17-28/h2-21,31H,22-25H2,1H3. The van der Waals surface area contributed by atoms with Gasteiger partial charge in [-0.05, 0) is 29.2 Å². The molecule has 1 aliphatic heterocycles. The van der Waals surface area contributed by atoms with Gasteiger partial charge >= 0.3 is 0 Å². The lowest BCUT2D eigenvalue weighted by atomic mass is 9.77. The Balaban J connectivity index is 1.50. The molecule has 4 aromatic rings. The maximum atomic E-state index is 13.6. The summed E-state index contributed by atoms with van der Waals surface area (Å²) in [6, 6.07) is 42.2. The van der Waals surface area contributed by atoms with Gasteiger partial charge < -0.3 is 0 Å². The number of hydrogen-bond acceptors (Lipinski definition) is 3. The molecule has 0 N–H and O–H groups in total. The number of rotatable bonds is 7. The summed E-state index contributed by atoms with van der Waals surface area (Å²) in [6.07, 6.45) is 0. The third-order valence-corrected chi connectivity index (χ3v) is 7.28. The van der Waals surface area contributed by atoms with Gasteiger partial charge in [0.05, 0.1) is 6.04 Å². The van der Waals surface area contributed by atoms with Crippen molar-refractivity contribution in [2.45, 2.75) is 18.5 Å². The molecule has 4 aromatic carbocycles. The smallest absolute Gasteiger partial charge is 0.159 e. The molecule has 35 heavy (non-hydrogen) atoms. The first-order chi connectivity index (χ1) is 17.2. The number of nitrogens with zero attached hydrogens (tertiary/aromatic N) is 2. The Morgan fingerprint density at radius 2 is 0.971 bits per heavy atom. The molecular formula is C32H32N2O. The fraction of sp³-hybridized carbons (Fsp3) is 0.219. The maximum absolute atomic E-state index is 13.6. The summed E-state index contributed by atoms with van der Waals surface area (Å²) in [4.78, 5) is 18.5. The van der Waals surface area contributed by atoms with Crippen molar-refractivity contribution in [3.8, 4) is 0 Å². The molecule has 0 aromatic heterocycles. The van der Waals surface area contributed by atoms with Crippen LogP contribution in [-0.2, 0) is 10.3 Å². The summed E-state index contributed by atoms with van der Waals surface area (Å²) in [5.41, 5.74) is 3.89. The van der Waals surface area contributed by atoms with E-state index in [4.69, 9.17) is 0 Å². The van der Waals surface area contributed by atoms with Gasteiger partial charge in [0.2, 0.25) is 0 Å². The van der Waals surface area contributed by atoms with Crippen molar-refractivity contribution >= 4 is 5.78 Å². The zero-order valence-electron chi connectivity index (χ0n) is 20.3. The molecule has 0 atom stereocenters. The van der Waals surface area contributed by atoms with Crippen molar-refractivity contribution in [2.24, 2.45) is 0 Å².